The van der Waals surface area contributed by atoms with Crippen molar-refractivity contribution in [1.29, 1.82) is 5.26 Å². The third kappa shape index (κ3) is 3.33. The number of thiophene rings is 1. The van der Waals surface area contributed by atoms with Crippen molar-refractivity contribution in [1.82, 2.24) is 5.32 Å². The van der Waals surface area contributed by atoms with E-state index < -0.39 is 0 Å². The van der Waals surface area contributed by atoms with Crippen LogP contribution in [0.25, 0.3) is 0 Å². The first-order chi connectivity index (χ1) is 10.2. The van der Waals surface area contributed by atoms with Gasteiger partial charge in [-0.1, -0.05) is 30.3 Å². The Bertz CT molecular complexity index is 673. The summed E-state index contributed by atoms with van der Waals surface area (Å²) in [5.41, 5.74) is 7.65. The van der Waals surface area contributed by atoms with Crippen molar-refractivity contribution in [3.63, 3.8) is 0 Å². The molecule has 2 rings (SSSR count). The molecule has 1 amide bonds. The Hall–Kier alpha value is -2.52. The Morgan fingerprint density at radius 3 is 2.71 bits per heavy atom. The van der Waals surface area contributed by atoms with Crippen molar-refractivity contribution >= 4 is 27.9 Å². The fourth-order valence-corrected chi connectivity index (χ4v) is 2.97. The maximum Gasteiger partial charge on any atom is 0.263 e. The number of anilines is 2. The predicted molar refractivity (Wildman–Crippen MR) is 85.5 cm³/mol. The Balaban J connectivity index is 2.10. The summed E-state index contributed by atoms with van der Waals surface area (Å²) >= 11 is 1.21. The zero-order valence-electron chi connectivity index (χ0n) is 11.6. The van der Waals surface area contributed by atoms with Crippen LogP contribution in [0.5, 0.6) is 0 Å². The number of benzene rings is 1. The van der Waals surface area contributed by atoms with E-state index in [1.807, 2.05) is 30.3 Å². The second kappa shape index (κ2) is 6.77. The zero-order valence-corrected chi connectivity index (χ0v) is 12.5. The summed E-state index contributed by atoms with van der Waals surface area (Å²) in [6.07, 6.45) is 0.832. The molecule has 0 saturated heterocycles. The molecule has 1 heterocycles. The molecule has 0 radical (unpaired) electrons. The van der Waals surface area contributed by atoms with E-state index in [1.165, 1.54) is 23.9 Å². The van der Waals surface area contributed by atoms with Crippen molar-refractivity contribution in [2.75, 3.05) is 24.6 Å². The maximum absolute atomic E-state index is 11.7. The van der Waals surface area contributed by atoms with Gasteiger partial charge in [-0.3, -0.25) is 4.79 Å². The smallest absolute Gasteiger partial charge is 0.263 e. The average Bonchev–Trinajstić information content (AvgIpc) is 2.83. The lowest BCUT2D eigenvalue weighted by Gasteiger charge is -2.04. The first kappa shape index (κ1) is 14.9. The van der Waals surface area contributed by atoms with Gasteiger partial charge in [-0.2, -0.15) is 5.26 Å². The summed E-state index contributed by atoms with van der Waals surface area (Å²) in [5.74, 6) is -0.273. The summed E-state index contributed by atoms with van der Waals surface area (Å²) in [7, 11) is 1.54. The summed E-state index contributed by atoms with van der Waals surface area (Å²) < 4.78 is 0. The quantitative estimate of drug-likeness (QED) is 0.789. The van der Waals surface area contributed by atoms with Gasteiger partial charge >= 0.3 is 0 Å². The lowest BCUT2D eigenvalue weighted by molar-refractivity contribution is 0.0968. The van der Waals surface area contributed by atoms with Crippen molar-refractivity contribution in [2.24, 2.45) is 0 Å². The fourth-order valence-electron chi connectivity index (χ4n) is 1.93. The molecule has 2 aromatic rings. The highest BCUT2D eigenvalue weighted by molar-refractivity contribution is 7.18. The molecule has 0 aliphatic heterocycles. The molecule has 108 valence electrons. The molecule has 0 saturated carbocycles. The van der Waals surface area contributed by atoms with Crippen LogP contribution in [0.15, 0.2) is 30.3 Å². The number of amides is 1. The van der Waals surface area contributed by atoms with Gasteiger partial charge in [0, 0.05) is 13.6 Å². The SMILES string of the molecule is CNC(=O)c1sc(NCCc2ccccc2)c(C#N)c1N. The number of rotatable bonds is 5. The molecule has 0 aliphatic carbocycles. The third-order valence-corrected chi connectivity index (χ3v) is 4.19. The summed E-state index contributed by atoms with van der Waals surface area (Å²) in [4.78, 5) is 12.1. The van der Waals surface area contributed by atoms with Crippen LogP contribution in [0.1, 0.15) is 20.8 Å². The second-order valence-electron chi connectivity index (χ2n) is 4.40. The Morgan fingerprint density at radius 1 is 1.38 bits per heavy atom. The standard InChI is InChI=1S/C15H16N4OS/c1-18-14(20)13-12(17)11(9-16)15(21-13)19-8-7-10-5-3-2-4-6-10/h2-6,19H,7-8,17H2,1H3,(H,18,20). The number of nitrogen functional groups attached to an aromatic ring is 1. The van der Waals surface area contributed by atoms with Crippen molar-refractivity contribution in [2.45, 2.75) is 6.42 Å². The van der Waals surface area contributed by atoms with Crippen LogP contribution in [-0.4, -0.2) is 19.5 Å². The van der Waals surface area contributed by atoms with E-state index in [0.29, 0.717) is 22.0 Å². The largest absolute Gasteiger partial charge is 0.396 e. The van der Waals surface area contributed by atoms with Gasteiger partial charge < -0.3 is 16.4 Å². The minimum atomic E-state index is -0.273. The van der Waals surface area contributed by atoms with E-state index in [4.69, 9.17) is 5.73 Å². The van der Waals surface area contributed by atoms with Gasteiger partial charge in [0.25, 0.3) is 5.91 Å². The molecule has 0 spiro atoms. The maximum atomic E-state index is 11.7. The summed E-state index contributed by atoms with van der Waals surface area (Å²) in [5, 5.41) is 15.5. The van der Waals surface area contributed by atoms with Crippen LogP contribution in [-0.2, 0) is 6.42 Å². The van der Waals surface area contributed by atoms with E-state index in [1.54, 1.807) is 0 Å². The number of hydrogen-bond donors (Lipinski definition) is 3. The Morgan fingerprint density at radius 2 is 2.10 bits per heavy atom. The molecule has 4 N–H and O–H groups in total. The van der Waals surface area contributed by atoms with E-state index in [0.717, 1.165) is 6.42 Å². The van der Waals surface area contributed by atoms with E-state index in [2.05, 4.69) is 16.7 Å². The molecule has 0 aliphatic rings. The molecule has 5 nitrogen and oxygen atoms in total. The Kier molecular flexibility index (Phi) is 4.80. The molecule has 1 aromatic heterocycles. The van der Waals surface area contributed by atoms with E-state index in [-0.39, 0.29) is 11.6 Å². The van der Waals surface area contributed by atoms with Crippen LogP contribution in [0.4, 0.5) is 10.7 Å². The van der Waals surface area contributed by atoms with Crippen LogP contribution < -0.4 is 16.4 Å². The van der Waals surface area contributed by atoms with Gasteiger partial charge in [0.05, 0.1) is 5.69 Å². The number of nitrogens with zero attached hydrogens (tertiary/aromatic N) is 1. The van der Waals surface area contributed by atoms with Gasteiger partial charge in [-0.05, 0) is 12.0 Å². The number of carbonyl (C=O) groups is 1. The first-order valence-electron chi connectivity index (χ1n) is 6.49. The molecular formula is C15H16N4OS. The molecule has 0 atom stereocenters. The van der Waals surface area contributed by atoms with E-state index in [9.17, 15) is 10.1 Å². The van der Waals surface area contributed by atoms with Crippen LogP contribution in [0, 0.1) is 11.3 Å². The zero-order chi connectivity index (χ0) is 15.2. The lowest BCUT2D eigenvalue weighted by Crippen LogP contribution is -2.17. The topological polar surface area (TPSA) is 90.9 Å². The highest BCUT2D eigenvalue weighted by atomic mass is 32.1. The predicted octanol–water partition coefficient (Wildman–Crippen LogP) is 2.22. The van der Waals surface area contributed by atoms with Crippen molar-refractivity contribution < 1.29 is 4.79 Å². The van der Waals surface area contributed by atoms with Crippen LogP contribution in [0.2, 0.25) is 0 Å². The number of nitriles is 1. The third-order valence-electron chi connectivity index (χ3n) is 3.03. The van der Waals surface area contributed by atoms with Crippen molar-refractivity contribution in [3.05, 3.63) is 46.3 Å². The van der Waals surface area contributed by atoms with Gasteiger partial charge in [0.15, 0.2) is 0 Å². The highest BCUT2D eigenvalue weighted by Crippen LogP contribution is 2.34. The molecular weight excluding hydrogens is 284 g/mol. The molecule has 1 aromatic carbocycles. The monoisotopic (exact) mass is 300 g/mol. The van der Waals surface area contributed by atoms with Crippen LogP contribution in [0.3, 0.4) is 0 Å². The molecule has 21 heavy (non-hydrogen) atoms. The second-order valence-corrected chi connectivity index (χ2v) is 5.42. The highest BCUT2D eigenvalue weighted by Gasteiger charge is 2.19. The lowest BCUT2D eigenvalue weighted by atomic mass is 10.1. The fraction of sp³-hybridized carbons (Fsp3) is 0.200. The number of nitrogens with one attached hydrogen (secondary N) is 2. The van der Waals surface area contributed by atoms with Gasteiger partial charge in [-0.25, -0.2) is 0 Å². The van der Waals surface area contributed by atoms with Crippen molar-refractivity contribution in [3.8, 4) is 6.07 Å². The molecule has 0 fully saturated rings. The first-order valence-corrected chi connectivity index (χ1v) is 7.31. The number of carbonyl (C=O) groups excluding carboxylic acids is 1. The molecule has 6 heteroatoms. The molecule has 0 bridgehead atoms. The number of nitrogens with two attached hydrogens (primary N) is 1. The van der Waals surface area contributed by atoms with Crippen LogP contribution >= 0.6 is 11.3 Å². The van der Waals surface area contributed by atoms with Gasteiger partial charge in [-0.15, -0.1) is 11.3 Å². The van der Waals surface area contributed by atoms with Gasteiger partial charge in [0.1, 0.15) is 21.5 Å². The molecule has 0 unspecified atom stereocenters. The normalized spacial score (nSPS) is 9.90. The van der Waals surface area contributed by atoms with E-state index >= 15 is 0 Å². The number of hydrogen-bond acceptors (Lipinski definition) is 5. The Labute approximate surface area is 127 Å². The van der Waals surface area contributed by atoms with Gasteiger partial charge in [0.2, 0.25) is 0 Å². The minimum Gasteiger partial charge on any atom is -0.396 e. The summed E-state index contributed by atoms with van der Waals surface area (Å²) in [6.45, 7) is 0.672. The average molecular weight is 300 g/mol. The summed E-state index contributed by atoms with van der Waals surface area (Å²) in [6, 6.07) is 12.1. The minimum absolute atomic E-state index is 0.240.